The number of nitrogens with one attached hydrogen (secondary N) is 1. The van der Waals surface area contributed by atoms with E-state index >= 15 is 0 Å². The Morgan fingerprint density at radius 2 is 1.84 bits per heavy atom. The maximum atomic E-state index is 12.5. The quantitative estimate of drug-likeness (QED) is 0.892. The average molecular weight is 366 g/mol. The minimum Gasteiger partial charge on any atom is -0.375 e. The predicted octanol–water partition coefficient (Wildman–Crippen LogP) is 2.51. The molecular weight excluding hydrogens is 340 g/mol. The van der Waals surface area contributed by atoms with E-state index in [1.165, 1.54) is 6.26 Å². The van der Waals surface area contributed by atoms with Crippen LogP contribution in [0.3, 0.4) is 0 Å². The molecule has 1 aromatic carbocycles. The summed E-state index contributed by atoms with van der Waals surface area (Å²) in [4.78, 5) is 14.6. The number of rotatable bonds is 3. The second-order valence-corrected chi connectivity index (χ2v) is 9.15. The summed E-state index contributed by atoms with van der Waals surface area (Å²) in [6, 6.07) is 6.40. The van der Waals surface area contributed by atoms with Gasteiger partial charge in [0.1, 0.15) is 0 Å². The molecule has 2 heterocycles. The summed E-state index contributed by atoms with van der Waals surface area (Å²) in [6.45, 7) is 4.17. The third-order valence-electron chi connectivity index (χ3n) is 5.30. The van der Waals surface area contributed by atoms with Crippen LogP contribution in [0.5, 0.6) is 0 Å². The number of sulfone groups is 1. The van der Waals surface area contributed by atoms with Crippen LogP contribution in [0.25, 0.3) is 0 Å². The van der Waals surface area contributed by atoms with Gasteiger partial charge in [-0.25, -0.2) is 13.2 Å². The summed E-state index contributed by atoms with van der Waals surface area (Å²) in [6.07, 6.45) is 5.21. The normalized spacial score (nSPS) is 21.3. The van der Waals surface area contributed by atoms with E-state index in [1.54, 1.807) is 24.3 Å². The molecule has 2 aliphatic rings. The third kappa shape index (κ3) is 4.15. The molecule has 0 aliphatic carbocycles. The van der Waals surface area contributed by atoms with Crippen LogP contribution < -0.4 is 5.32 Å². The van der Waals surface area contributed by atoms with Crippen molar-refractivity contribution in [1.29, 1.82) is 0 Å². The van der Waals surface area contributed by atoms with Gasteiger partial charge >= 0.3 is 6.03 Å². The SMILES string of the molecule is C[C@H](NC(=O)N1CCC2(CCCO2)CC1)c1ccc(S(C)(=O)=O)cc1. The number of ether oxygens (including phenoxy) is 1. The molecule has 0 radical (unpaired) electrons. The minimum absolute atomic E-state index is 0.00384. The summed E-state index contributed by atoms with van der Waals surface area (Å²) < 4.78 is 28.9. The van der Waals surface area contributed by atoms with E-state index in [4.69, 9.17) is 4.74 Å². The van der Waals surface area contributed by atoms with Crippen molar-refractivity contribution in [2.75, 3.05) is 26.0 Å². The van der Waals surface area contributed by atoms with Crippen molar-refractivity contribution in [2.24, 2.45) is 0 Å². The molecule has 0 saturated carbocycles. The molecule has 0 bridgehead atoms. The number of nitrogens with zero attached hydrogens (tertiary/aromatic N) is 1. The molecule has 138 valence electrons. The zero-order chi connectivity index (χ0) is 18.1. The van der Waals surface area contributed by atoms with Crippen LogP contribution in [0.1, 0.15) is 44.2 Å². The molecule has 1 aromatic rings. The lowest BCUT2D eigenvalue weighted by Crippen LogP contribution is -2.50. The number of carbonyl (C=O) groups excluding carboxylic acids is 1. The summed E-state index contributed by atoms with van der Waals surface area (Å²) in [7, 11) is -3.20. The highest BCUT2D eigenvalue weighted by atomic mass is 32.2. The zero-order valence-corrected chi connectivity index (χ0v) is 15.6. The Kier molecular flexibility index (Phi) is 5.06. The molecular formula is C18H26N2O4S. The molecule has 25 heavy (non-hydrogen) atoms. The Bertz CT molecular complexity index is 714. The highest BCUT2D eigenvalue weighted by molar-refractivity contribution is 7.90. The Balaban J connectivity index is 1.56. The van der Waals surface area contributed by atoms with Crippen LogP contribution in [0.15, 0.2) is 29.2 Å². The standard InChI is InChI=1S/C18H26N2O4S/c1-14(15-4-6-16(7-5-15)25(2,22)23)19-17(21)20-11-9-18(10-12-20)8-3-13-24-18/h4-7,14H,3,8-13H2,1-2H3,(H,19,21)/t14-/m0/s1. The van der Waals surface area contributed by atoms with E-state index in [9.17, 15) is 13.2 Å². The van der Waals surface area contributed by atoms with Gasteiger partial charge in [0.25, 0.3) is 0 Å². The highest BCUT2D eigenvalue weighted by Gasteiger charge is 2.39. The topological polar surface area (TPSA) is 75.7 Å². The minimum atomic E-state index is -3.20. The molecule has 7 heteroatoms. The van der Waals surface area contributed by atoms with Crippen LogP contribution in [0, 0.1) is 0 Å². The Labute approximate surface area is 149 Å². The fraction of sp³-hybridized carbons (Fsp3) is 0.611. The zero-order valence-electron chi connectivity index (χ0n) is 14.8. The van der Waals surface area contributed by atoms with Crippen molar-refractivity contribution >= 4 is 15.9 Å². The van der Waals surface area contributed by atoms with Crippen LogP contribution in [0.2, 0.25) is 0 Å². The second kappa shape index (κ2) is 6.96. The lowest BCUT2D eigenvalue weighted by atomic mass is 9.89. The van der Waals surface area contributed by atoms with Crippen molar-refractivity contribution in [1.82, 2.24) is 10.2 Å². The lowest BCUT2D eigenvalue weighted by Gasteiger charge is -2.38. The van der Waals surface area contributed by atoms with E-state index in [1.807, 2.05) is 11.8 Å². The number of urea groups is 1. The number of benzene rings is 1. The molecule has 0 aromatic heterocycles. The van der Waals surface area contributed by atoms with E-state index in [0.717, 1.165) is 37.9 Å². The van der Waals surface area contributed by atoms with Gasteiger partial charge in [-0.05, 0) is 50.3 Å². The third-order valence-corrected chi connectivity index (χ3v) is 6.42. The van der Waals surface area contributed by atoms with Gasteiger partial charge in [0, 0.05) is 26.0 Å². The van der Waals surface area contributed by atoms with Gasteiger partial charge in [-0.15, -0.1) is 0 Å². The van der Waals surface area contributed by atoms with Crippen LogP contribution in [-0.2, 0) is 14.6 Å². The van der Waals surface area contributed by atoms with E-state index in [0.29, 0.717) is 13.1 Å². The number of likely N-dealkylation sites (tertiary alicyclic amines) is 1. The van der Waals surface area contributed by atoms with Crippen molar-refractivity contribution < 1.29 is 17.9 Å². The summed E-state index contributed by atoms with van der Waals surface area (Å²) in [5, 5.41) is 3.00. The van der Waals surface area contributed by atoms with Gasteiger partial charge in [-0.3, -0.25) is 0 Å². The smallest absolute Gasteiger partial charge is 0.317 e. The summed E-state index contributed by atoms with van der Waals surface area (Å²) >= 11 is 0. The van der Waals surface area contributed by atoms with Crippen molar-refractivity contribution in [2.45, 2.75) is 49.1 Å². The number of piperidine rings is 1. The molecule has 2 amide bonds. The molecule has 0 unspecified atom stereocenters. The lowest BCUT2D eigenvalue weighted by molar-refractivity contribution is -0.0362. The van der Waals surface area contributed by atoms with Gasteiger partial charge in [-0.1, -0.05) is 12.1 Å². The number of hydrogen-bond acceptors (Lipinski definition) is 4. The van der Waals surface area contributed by atoms with Crippen molar-refractivity contribution in [3.63, 3.8) is 0 Å². The largest absolute Gasteiger partial charge is 0.375 e. The number of amides is 2. The number of carbonyl (C=O) groups is 1. The Hall–Kier alpha value is -1.60. The molecule has 2 aliphatic heterocycles. The fourth-order valence-electron chi connectivity index (χ4n) is 3.63. The van der Waals surface area contributed by atoms with Crippen molar-refractivity contribution in [3.05, 3.63) is 29.8 Å². The molecule has 2 fully saturated rings. The van der Waals surface area contributed by atoms with Gasteiger partial charge in [-0.2, -0.15) is 0 Å². The predicted molar refractivity (Wildman–Crippen MR) is 95.2 cm³/mol. The molecule has 2 saturated heterocycles. The van der Waals surface area contributed by atoms with Gasteiger partial charge in [0.15, 0.2) is 9.84 Å². The van der Waals surface area contributed by atoms with Gasteiger partial charge in [0.2, 0.25) is 0 Å². The van der Waals surface area contributed by atoms with Gasteiger partial charge in [0.05, 0.1) is 16.5 Å². The maximum absolute atomic E-state index is 12.5. The second-order valence-electron chi connectivity index (χ2n) is 7.13. The first-order valence-electron chi connectivity index (χ1n) is 8.79. The molecule has 6 nitrogen and oxygen atoms in total. The highest BCUT2D eigenvalue weighted by Crippen LogP contribution is 2.35. The van der Waals surface area contributed by atoms with Crippen LogP contribution in [-0.4, -0.2) is 50.9 Å². The first kappa shape index (κ1) is 18.2. The molecule has 1 atom stereocenters. The van der Waals surface area contributed by atoms with Crippen molar-refractivity contribution in [3.8, 4) is 0 Å². The van der Waals surface area contributed by atoms with Crippen LogP contribution >= 0.6 is 0 Å². The van der Waals surface area contributed by atoms with E-state index in [2.05, 4.69) is 5.32 Å². The molecule has 1 N–H and O–H groups in total. The summed E-state index contributed by atoms with van der Waals surface area (Å²) in [5.74, 6) is 0. The first-order chi connectivity index (χ1) is 11.8. The average Bonchev–Trinajstić information content (AvgIpc) is 3.03. The fourth-order valence-corrected chi connectivity index (χ4v) is 4.26. The Morgan fingerprint density at radius 1 is 1.20 bits per heavy atom. The molecule has 1 spiro atoms. The monoisotopic (exact) mass is 366 g/mol. The van der Waals surface area contributed by atoms with E-state index in [-0.39, 0.29) is 22.6 Å². The Morgan fingerprint density at radius 3 is 2.36 bits per heavy atom. The summed E-state index contributed by atoms with van der Waals surface area (Å²) in [5.41, 5.74) is 0.887. The van der Waals surface area contributed by atoms with E-state index < -0.39 is 9.84 Å². The first-order valence-corrected chi connectivity index (χ1v) is 10.7. The van der Waals surface area contributed by atoms with Crippen LogP contribution in [0.4, 0.5) is 4.79 Å². The molecule has 3 rings (SSSR count). The number of hydrogen-bond donors (Lipinski definition) is 1. The maximum Gasteiger partial charge on any atom is 0.317 e. The van der Waals surface area contributed by atoms with Gasteiger partial charge < -0.3 is 15.0 Å².